The van der Waals surface area contributed by atoms with Gasteiger partial charge in [-0.2, -0.15) is 0 Å². The van der Waals surface area contributed by atoms with Gasteiger partial charge in [-0.3, -0.25) is 0 Å². The molecule has 0 aromatic heterocycles. The molecular weight excluding hydrogens is 526 g/mol. The van der Waals surface area contributed by atoms with Crippen LogP contribution in [0, 0.1) is 0 Å². The maximum absolute atomic E-state index is 12.7. The molecule has 0 heterocycles. The van der Waals surface area contributed by atoms with Crippen LogP contribution in [-0.2, 0) is 19.1 Å². The summed E-state index contributed by atoms with van der Waals surface area (Å²) >= 11 is 0. The molecule has 0 saturated heterocycles. The van der Waals surface area contributed by atoms with Crippen LogP contribution < -0.4 is 14.2 Å². The fourth-order valence-corrected chi connectivity index (χ4v) is 3.32. The lowest BCUT2D eigenvalue weighted by Crippen LogP contribution is -2.30. The largest absolute Gasteiger partial charge is 0.494 e. The Morgan fingerprint density at radius 1 is 0.927 bits per heavy atom. The molecule has 2 aromatic rings. The number of ether oxygens (including phenoxy) is 5. The SMILES string of the molecule is C=C(C)C(=O)OCCCCCCOc1ccc(C(=O)Oc2ccc(C=CC(=O)OCC(C)N(C)C)cc2OC)cc1. The highest BCUT2D eigenvalue weighted by molar-refractivity contribution is 5.91. The smallest absolute Gasteiger partial charge is 0.343 e. The van der Waals surface area contributed by atoms with Crippen molar-refractivity contribution in [2.45, 2.75) is 45.6 Å². The van der Waals surface area contributed by atoms with Gasteiger partial charge >= 0.3 is 17.9 Å². The second-order valence-electron chi connectivity index (χ2n) is 9.78. The summed E-state index contributed by atoms with van der Waals surface area (Å²) in [6.07, 6.45) is 6.49. The molecule has 0 N–H and O–H groups in total. The fraction of sp³-hybridized carbons (Fsp3) is 0.406. The predicted molar refractivity (Wildman–Crippen MR) is 157 cm³/mol. The van der Waals surface area contributed by atoms with E-state index < -0.39 is 11.9 Å². The molecule has 9 heteroatoms. The molecule has 0 aliphatic heterocycles. The number of carbonyl (C=O) groups excluding carboxylic acids is 3. The molecule has 1 unspecified atom stereocenters. The number of nitrogens with zero attached hydrogens (tertiary/aromatic N) is 1. The highest BCUT2D eigenvalue weighted by Crippen LogP contribution is 2.29. The number of unbranched alkanes of at least 4 members (excludes halogenated alkanes) is 3. The molecule has 0 aliphatic rings. The van der Waals surface area contributed by atoms with Crippen LogP contribution in [0.4, 0.5) is 0 Å². The summed E-state index contributed by atoms with van der Waals surface area (Å²) < 4.78 is 27.0. The first kappa shape index (κ1) is 33.1. The normalized spacial score (nSPS) is 11.7. The van der Waals surface area contributed by atoms with Crippen LogP contribution >= 0.6 is 0 Å². The zero-order valence-corrected chi connectivity index (χ0v) is 24.6. The van der Waals surface area contributed by atoms with Crippen molar-refractivity contribution >= 4 is 24.0 Å². The van der Waals surface area contributed by atoms with Gasteiger partial charge in [0.1, 0.15) is 12.4 Å². The van der Waals surface area contributed by atoms with E-state index in [2.05, 4.69) is 6.58 Å². The van der Waals surface area contributed by atoms with Gasteiger partial charge < -0.3 is 28.6 Å². The number of hydrogen-bond acceptors (Lipinski definition) is 9. The maximum Gasteiger partial charge on any atom is 0.343 e. The number of hydrogen-bond donors (Lipinski definition) is 0. The topological polar surface area (TPSA) is 101 Å². The standard InChI is InChI=1S/C32H41NO8/c1-23(2)31(35)39-20-10-8-7-9-19-38-27-15-13-26(14-16-27)32(36)41-28-17-11-25(21-29(28)37-6)12-18-30(34)40-22-24(3)33(4)5/h11-18,21,24H,1,7-10,19-20,22H2,2-6H3. The summed E-state index contributed by atoms with van der Waals surface area (Å²) in [7, 11) is 5.31. The van der Waals surface area contributed by atoms with E-state index in [-0.39, 0.29) is 17.8 Å². The van der Waals surface area contributed by atoms with Gasteiger partial charge in [0.15, 0.2) is 11.5 Å². The highest BCUT2D eigenvalue weighted by atomic mass is 16.6. The van der Waals surface area contributed by atoms with Gasteiger partial charge in [-0.15, -0.1) is 0 Å². The third-order valence-corrected chi connectivity index (χ3v) is 6.13. The van der Waals surface area contributed by atoms with Gasteiger partial charge in [0.05, 0.1) is 25.9 Å². The second-order valence-corrected chi connectivity index (χ2v) is 9.78. The molecule has 1 atom stereocenters. The highest BCUT2D eigenvalue weighted by Gasteiger charge is 2.13. The Morgan fingerprint density at radius 3 is 2.24 bits per heavy atom. The van der Waals surface area contributed by atoms with E-state index in [1.807, 2.05) is 25.9 Å². The molecule has 41 heavy (non-hydrogen) atoms. The van der Waals surface area contributed by atoms with Gasteiger partial charge in [0.25, 0.3) is 0 Å². The average molecular weight is 568 g/mol. The number of esters is 3. The zero-order chi connectivity index (χ0) is 30.2. The summed E-state index contributed by atoms with van der Waals surface area (Å²) in [5.74, 6) is -0.0771. The Hall–Kier alpha value is -4.11. The first-order chi connectivity index (χ1) is 19.6. The van der Waals surface area contributed by atoms with Crippen LogP contribution in [0.1, 0.15) is 55.5 Å². The Bertz CT molecular complexity index is 1190. The third kappa shape index (κ3) is 12.3. The molecule has 0 amide bonds. The first-order valence-corrected chi connectivity index (χ1v) is 13.6. The van der Waals surface area contributed by atoms with Gasteiger partial charge in [0, 0.05) is 17.7 Å². The van der Waals surface area contributed by atoms with Crippen molar-refractivity contribution in [1.82, 2.24) is 4.90 Å². The second kappa shape index (κ2) is 17.6. The zero-order valence-electron chi connectivity index (χ0n) is 24.6. The Kier molecular flexibility index (Phi) is 14.2. The predicted octanol–water partition coefficient (Wildman–Crippen LogP) is 5.48. The molecule has 2 rings (SSSR count). The number of rotatable bonds is 17. The average Bonchev–Trinajstić information content (AvgIpc) is 2.96. The Morgan fingerprint density at radius 2 is 1.61 bits per heavy atom. The van der Waals surface area contributed by atoms with Crippen LogP contribution in [-0.4, -0.2) is 69.9 Å². The molecule has 2 aromatic carbocycles. The maximum atomic E-state index is 12.7. The van der Waals surface area contributed by atoms with E-state index >= 15 is 0 Å². The first-order valence-electron chi connectivity index (χ1n) is 13.6. The van der Waals surface area contributed by atoms with E-state index in [0.717, 1.165) is 25.7 Å². The third-order valence-electron chi connectivity index (χ3n) is 6.13. The van der Waals surface area contributed by atoms with Gasteiger partial charge in [-0.1, -0.05) is 12.6 Å². The molecule has 0 radical (unpaired) electrons. The minimum atomic E-state index is -0.538. The van der Waals surface area contributed by atoms with Crippen LogP contribution in [0.3, 0.4) is 0 Å². The van der Waals surface area contributed by atoms with Gasteiger partial charge in [0.2, 0.25) is 0 Å². The molecule has 0 fully saturated rings. The summed E-state index contributed by atoms with van der Waals surface area (Å²) in [5, 5.41) is 0. The molecule has 0 aliphatic carbocycles. The number of carbonyl (C=O) groups is 3. The van der Waals surface area contributed by atoms with Crippen molar-refractivity contribution in [3.8, 4) is 17.2 Å². The van der Waals surface area contributed by atoms with E-state index in [1.165, 1.54) is 13.2 Å². The molecular formula is C32H41NO8. The lowest BCUT2D eigenvalue weighted by Gasteiger charge is -2.18. The van der Waals surface area contributed by atoms with Crippen molar-refractivity contribution < 1.29 is 38.1 Å². The summed E-state index contributed by atoms with van der Waals surface area (Å²) in [4.78, 5) is 38.0. The summed E-state index contributed by atoms with van der Waals surface area (Å²) in [6, 6.07) is 11.8. The molecule has 0 spiro atoms. The van der Waals surface area contributed by atoms with E-state index in [0.29, 0.717) is 48.0 Å². The fourth-order valence-electron chi connectivity index (χ4n) is 3.32. The van der Waals surface area contributed by atoms with E-state index in [4.69, 9.17) is 23.7 Å². The van der Waals surface area contributed by atoms with E-state index in [9.17, 15) is 14.4 Å². The number of benzene rings is 2. The van der Waals surface area contributed by atoms with E-state index in [1.54, 1.807) is 55.5 Å². The van der Waals surface area contributed by atoms with Crippen LogP contribution in [0.25, 0.3) is 6.08 Å². The lowest BCUT2D eigenvalue weighted by atomic mass is 10.2. The van der Waals surface area contributed by atoms with Crippen LogP contribution in [0.15, 0.2) is 60.7 Å². The van der Waals surface area contributed by atoms with Crippen molar-refractivity contribution in [2.24, 2.45) is 0 Å². The quantitative estimate of drug-likeness (QED) is 0.106. The van der Waals surface area contributed by atoms with Crippen molar-refractivity contribution in [3.05, 3.63) is 71.8 Å². The monoisotopic (exact) mass is 567 g/mol. The molecule has 0 bridgehead atoms. The van der Waals surface area contributed by atoms with Crippen molar-refractivity contribution in [3.63, 3.8) is 0 Å². The minimum Gasteiger partial charge on any atom is -0.494 e. The van der Waals surface area contributed by atoms with Crippen molar-refractivity contribution in [1.29, 1.82) is 0 Å². The molecule has 9 nitrogen and oxygen atoms in total. The lowest BCUT2D eigenvalue weighted by molar-refractivity contribution is -0.139. The summed E-state index contributed by atoms with van der Waals surface area (Å²) in [6.45, 7) is 8.37. The number of methoxy groups -OCH3 is 1. The molecule has 222 valence electrons. The van der Waals surface area contributed by atoms with Gasteiger partial charge in [-0.25, -0.2) is 14.4 Å². The Labute approximate surface area is 242 Å². The van der Waals surface area contributed by atoms with Crippen molar-refractivity contribution in [2.75, 3.05) is 41.0 Å². The summed E-state index contributed by atoms with van der Waals surface area (Å²) in [5.41, 5.74) is 1.46. The Balaban J connectivity index is 1.79. The minimum absolute atomic E-state index is 0.110. The van der Waals surface area contributed by atoms with Crippen LogP contribution in [0.5, 0.6) is 17.2 Å². The number of likely N-dealkylation sites (N-methyl/N-ethyl adjacent to an activating group) is 1. The molecule has 0 saturated carbocycles. The van der Waals surface area contributed by atoms with Gasteiger partial charge in [-0.05, 0) is 102 Å². The van der Waals surface area contributed by atoms with Crippen LogP contribution in [0.2, 0.25) is 0 Å².